The summed E-state index contributed by atoms with van der Waals surface area (Å²) in [6.45, 7) is 2.62. The number of allylic oxidation sites excluding steroid dienone is 1. The average Bonchev–Trinajstić information content (AvgIpc) is 2.41. The maximum Gasteiger partial charge on any atom is 0.138 e. The molecule has 1 radical (unpaired) electrons. The second kappa shape index (κ2) is 4.12. The fourth-order valence-corrected chi connectivity index (χ4v) is 1.04. The Morgan fingerprint density at radius 3 is 3.30 bits per heavy atom. The van der Waals surface area contributed by atoms with E-state index in [-0.39, 0.29) is 0 Å². The molecule has 0 spiro atoms. The first-order valence-electron chi connectivity index (χ1n) is 3.11. The molecule has 0 N–H and O–H groups in total. The molecule has 1 nitrogen and oxygen atoms in total. The SMILES string of the molecule is C/C=C/COc1[c]csc1. The van der Waals surface area contributed by atoms with Crippen molar-refractivity contribution in [3.8, 4) is 5.75 Å². The predicted molar refractivity (Wildman–Crippen MR) is 43.5 cm³/mol. The summed E-state index contributed by atoms with van der Waals surface area (Å²) in [6, 6.07) is 2.96. The molecule has 0 aliphatic rings. The van der Waals surface area contributed by atoms with Gasteiger partial charge in [-0.15, -0.1) is 11.3 Å². The number of thiophene rings is 1. The van der Waals surface area contributed by atoms with E-state index in [9.17, 15) is 0 Å². The molecule has 1 heterocycles. The van der Waals surface area contributed by atoms with E-state index in [0.717, 1.165) is 5.75 Å². The molecular formula is C8H9OS. The van der Waals surface area contributed by atoms with Crippen molar-refractivity contribution >= 4 is 11.3 Å². The average molecular weight is 153 g/mol. The minimum Gasteiger partial charge on any atom is -0.488 e. The van der Waals surface area contributed by atoms with Crippen molar-refractivity contribution in [2.24, 2.45) is 0 Å². The third-order valence-corrected chi connectivity index (χ3v) is 1.62. The first-order chi connectivity index (χ1) is 4.93. The van der Waals surface area contributed by atoms with Crippen molar-refractivity contribution in [2.45, 2.75) is 6.92 Å². The first kappa shape index (κ1) is 7.35. The van der Waals surface area contributed by atoms with Gasteiger partial charge in [0.25, 0.3) is 0 Å². The molecule has 0 bridgehead atoms. The summed E-state index contributed by atoms with van der Waals surface area (Å²) >= 11 is 1.59. The number of hydrogen-bond donors (Lipinski definition) is 0. The molecule has 2 heteroatoms. The molecule has 0 aromatic carbocycles. The first-order valence-corrected chi connectivity index (χ1v) is 4.05. The Morgan fingerprint density at radius 1 is 1.80 bits per heavy atom. The molecule has 1 aromatic heterocycles. The van der Waals surface area contributed by atoms with Gasteiger partial charge in [-0.1, -0.05) is 12.2 Å². The van der Waals surface area contributed by atoms with E-state index in [4.69, 9.17) is 4.74 Å². The van der Waals surface area contributed by atoms with Crippen molar-refractivity contribution in [3.05, 3.63) is 29.0 Å². The number of hydrogen-bond acceptors (Lipinski definition) is 2. The van der Waals surface area contributed by atoms with E-state index in [1.165, 1.54) is 0 Å². The smallest absolute Gasteiger partial charge is 0.138 e. The lowest BCUT2D eigenvalue weighted by molar-refractivity contribution is 0.363. The van der Waals surface area contributed by atoms with E-state index in [1.54, 1.807) is 11.3 Å². The zero-order valence-corrected chi connectivity index (χ0v) is 6.65. The minimum absolute atomic E-state index is 0.643. The Labute approximate surface area is 65.0 Å². The van der Waals surface area contributed by atoms with Crippen molar-refractivity contribution in [1.82, 2.24) is 0 Å². The Kier molecular flexibility index (Phi) is 3.03. The Balaban J connectivity index is 2.28. The summed E-state index contributed by atoms with van der Waals surface area (Å²) in [5.74, 6) is 0.836. The molecule has 0 amide bonds. The lowest BCUT2D eigenvalue weighted by Gasteiger charge is -1.95. The summed E-state index contributed by atoms with van der Waals surface area (Å²) in [5.41, 5.74) is 0. The molecule has 53 valence electrons. The molecule has 0 aliphatic carbocycles. The van der Waals surface area contributed by atoms with E-state index in [0.29, 0.717) is 6.61 Å². The molecular weight excluding hydrogens is 144 g/mol. The van der Waals surface area contributed by atoms with Gasteiger partial charge in [0, 0.05) is 16.8 Å². The van der Waals surface area contributed by atoms with E-state index in [2.05, 4.69) is 6.07 Å². The highest BCUT2D eigenvalue weighted by Crippen LogP contribution is 2.13. The van der Waals surface area contributed by atoms with Gasteiger partial charge in [0.05, 0.1) is 0 Å². The largest absolute Gasteiger partial charge is 0.488 e. The number of ether oxygens (including phenoxy) is 1. The molecule has 1 aromatic rings. The lowest BCUT2D eigenvalue weighted by atomic mass is 10.5. The van der Waals surface area contributed by atoms with Crippen LogP contribution in [0, 0.1) is 6.07 Å². The maximum atomic E-state index is 5.25. The second-order valence-corrected chi connectivity index (χ2v) is 2.50. The van der Waals surface area contributed by atoms with Crippen LogP contribution in [-0.2, 0) is 0 Å². The molecule has 0 unspecified atom stereocenters. The fraction of sp³-hybridized carbons (Fsp3) is 0.250. The van der Waals surface area contributed by atoms with Crippen molar-refractivity contribution < 1.29 is 4.74 Å². The van der Waals surface area contributed by atoms with Gasteiger partial charge in [-0.05, 0) is 6.92 Å². The summed E-state index contributed by atoms with van der Waals surface area (Å²) in [5, 5.41) is 3.81. The van der Waals surface area contributed by atoms with E-state index >= 15 is 0 Å². The topological polar surface area (TPSA) is 9.23 Å². The number of rotatable bonds is 3. The molecule has 1 rings (SSSR count). The van der Waals surface area contributed by atoms with Crippen molar-refractivity contribution in [1.29, 1.82) is 0 Å². The van der Waals surface area contributed by atoms with Crippen LogP contribution in [0.5, 0.6) is 5.75 Å². The molecule has 0 aliphatic heterocycles. The van der Waals surface area contributed by atoms with Gasteiger partial charge in [0.15, 0.2) is 0 Å². The zero-order valence-electron chi connectivity index (χ0n) is 5.83. The van der Waals surface area contributed by atoms with Crippen LogP contribution in [0.3, 0.4) is 0 Å². The summed E-state index contributed by atoms with van der Waals surface area (Å²) in [7, 11) is 0. The van der Waals surface area contributed by atoms with Crippen LogP contribution < -0.4 is 4.74 Å². The van der Waals surface area contributed by atoms with E-state index in [1.807, 2.05) is 29.8 Å². The van der Waals surface area contributed by atoms with Crippen molar-refractivity contribution in [3.63, 3.8) is 0 Å². The maximum absolute atomic E-state index is 5.25. The minimum atomic E-state index is 0.643. The standard InChI is InChI=1S/C8H9OS/c1-2-3-5-9-8-4-6-10-7-8/h2-3,6-7H,5H2,1H3/b3-2+. The van der Waals surface area contributed by atoms with Crippen LogP contribution in [0.1, 0.15) is 6.92 Å². The summed E-state index contributed by atoms with van der Waals surface area (Å²) in [4.78, 5) is 0. The molecule has 0 saturated heterocycles. The summed E-state index contributed by atoms with van der Waals surface area (Å²) in [6.07, 6.45) is 3.93. The molecule has 10 heavy (non-hydrogen) atoms. The van der Waals surface area contributed by atoms with Gasteiger partial charge in [0.1, 0.15) is 12.4 Å². The van der Waals surface area contributed by atoms with Crippen LogP contribution >= 0.6 is 11.3 Å². The highest BCUT2D eigenvalue weighted by molar-refractivity contribution is 7.08. The third-order valence-electron chi connectivity index (χ3n) is 1.02. The van der Waals surface area contributed by atoms with Crippen molar-refractivity contribution in [2.75, 3.05) is 6.61 Å². The quantitative estimate of drug-likeness (QED) is 0.606. The van der Waals surface area contributed by atoms with Crippen LogP contribution in [0.4, 0.5) is 0 Å². The fourth-order valence-electron chi connectivity index (χ4n) is 0.532. The van der Waals surface area contributed by atoms with Gasteiger partial charge in [-0.3, -0.25) is 0 Å². The van der Waals surface area contributed by atoms with Crippen LogP contribution in [-0.4, -0.2) is 6.61 Å². The second-order valence-electron chi connectivity index (χ2n) is 1.76. The van der Waals surface area contributed by atoms with Gasteiger partial charge in [0.2, 0.25) is 0 Å². The predicted octanol–water partition coefficient (Wildman–Crippen LogP) is 2.50. The van der Waals surface area contributed by atoms with E-state index < -0.39 is 0 Å². The van der Waals surface area contributed by atoms with Gasteiger partial charge in [-0.25, -0.2) is 0 Å². The molecule has 0 atom stereocenters. The normalized spacial score (nSPS) is 10.5. The molecule has 0 saturated carbocycles. The van der Waals surface area contributed by atoms with Crippen LogP contribution in [0.15, 0.2) is 22.9 Å². The monoisotopic (exact) mass is 153 g/mol. The van der Waals surface area contributed by atoms with Gasteiger partial charge >= 0.3 is 0 Å². The summed E-state index contributed by atoms with van der Waals surface area (Å²) < 4.78 is 5.25. The molecule has 0 fully saturated rings. The Bertz CT molecular complexity index is 189. The Morgan fingerprint density at radius 2 is 2.70 bits per heavy atom. The third kappa shape index (κ3) is 2.23. The highest BCUT2D eigenvalue weighted by atomic mass is 32.1. The van der Waals surface area contributed by atoms with Gasteiger partial charge in [-0.2, -0.15) is 0 Å². The zero-order chi connectivity index (χ0) is 7.23. The highest BCUT2D eigenvalue weighted by Gasteiger charge is 1.88. The van der Waals surface area contributed by atoms with Crippen LogP contribution in [0.2, 0.25) is 0 Å². The van der Waals surface area contributed by atoms with Crippen LogP contribution in [0.25, 0.3) is 0 Å². The van der Waals surface area contributed by atoms with Gasteiger partial charge < -0.3 is 4.74 Å². The Hall–Kier alpha value is -0.760. The lowest BCUT2D eigenvalue weighted by Crippen LogP contribution is -1.90.